The molecule has 1 unspecified atom stereocenters. The molecule has 0 aromatic carbocycles. The molecule has 1 atom stereocenters. The van der Waals surface area contributed by atoms with Crippen LogP contribution in [-0.4, -0.2) is 27.8 Å². The molecule has 1 aromatic rings. The quantitative estimate of drug-likeness (QED) is 0.835. The van der Waals surface area contributed by atoms with E-state index in [9.17, 15) is 0 Å². The zero-order valence-corrected chi connectivity index (χ0v) is 11.6. The fourth-order valence-electron chi connectivity index (χ4n) is 4.60. The van der Waals surface area contributed by atoms with Crippen molar-refractivity contribution in [3.63, 3.8) is 0 Å². The van der Waals surface area contributed by atoms with Gasteiger partial charge in [0, 0.05) is 19.5 Å². The van der Waals surface area contributed by atoms with Gasteiger partial charge in [0.05, 0.1) is 12.7 Å². The molecule has 1 aromatic heterocycles. The Labute approximate surface area is 113 Å². The van der Waals surface area contributed by atoms with Gasteiger partial charge in [-0.1, -0.05) is 0 Å². The molecule has 5 nitrogen and oxygen atoms in total. The zero-order valence-electron chi connectivity index (χ0n) is 11.6. The number of hydrogen-bond donors (Lipinski definition) is 1. The van der Waals surface area contributed by atoms with E-state index in [0.717, 1.165) is 17.4 Å². The third-order valence-corrected chi connectivity index (χ3v) is 5.73. The lowest BCUT2D eigenvalue weighted by Gasteiger charge is -2.50. The highest BCUT2D eigenvalue weighted by atomic mass is 15.3. The molecule has 0 spiro atoms. The zero-order chi connectivity index (χ0) is 13.3. The molecule has 0 saturated heterocycles. The van der Waals surface area contributed by atoms with E-state index >= 15 is 0 Å². The van der Waals surface area contributed by atoms with Gasteiger partial charge in [0.15, 0.2) is 5.82 Å². The third-order valence-electron chi connectivity index (χ3n) is 5.73. The van der Waals surface area contributed by atoms with Crippen molar-refractivity contribution in [2.45, 2.75) is 37.8 Å². The van der Waals surface area contributed by atoms with Crippen molar-refractivity contribution < 1.29 is 0 Å². The van der Waals surface area contributed by atoms with Gasteiger partial charge in [-0.25, -0.2) is 9.98 Å². The molecule has 2 fully saturated rings. The number of rotatable bonds is 1. The van der Waals surface area contributed by atoms with Crippen molar-refractivity contribution in [1.29, 1.82) is 0 Å². The Hall–Kier alpha value is -1.36. The van der Waals surface area contributed by atoms with Crippen LogP contribution in [0, 0.1) is 11.3 Å². The van der Waals surface area contributed by atoms with Gasteiger partial charge in [-0.15, -0.1) is 0 Å². The van der Waals surface area contributed by atoms with Gasteiger partial charge in [0.2, 0.25) is 0 Å². The monoisotopic (exact) mass is 259 g/mol. The standard InChI is InChI=1S/C14H21N5/c1-18-8-16-11-12(18)17-9-19(2)14(11,15)13-5-3-10(7-13)4-6-13/h8-10H,3-7,15H2,1-2H3. The third kappa shape index (κ3) is 1.19. The SMILES string of the molecule is CN1C=Nc2c(ncn2C)C1(N)C12CCC(CC1)C2. The van der Waals surface area contributed by atoms with Crippen molar-refractivity contribution >= 4 is 12.2 Å². The van der Waals surface area contributed by atoms with Crippen molar-refractivity contribution in [2.75, 3.05) is 7.05 Å². The van der Waals surface area contributed by atoms with Crippen molar-refractivity contribution in [2.24, 2.45) is 29.1 Å². The van der Waals surface area contributed by atoms with Crippen LogP contribution in [0.2, 0.25) is 0 Å². The Balaban J connectivity index is 1.91. The van der Waals surface area contributed by atoms with Gasteiger partial charge in [-0.05, 0) is 38.0 Å². The Morgan fingerprint density at radius 1 is 1.32 bits per heavy atom. The lowest BCUT2D eigenvalue weighted by atomic mass is 9.70. The lowest BCUT2D eigenvalue weighted by Crippen LogP contribution is -2.62. The number of hydrogen-bond acceptors (Lipinski definition) is 4. The second kappa shape index (κ2) is 3.39. The number of aliphatic imine (C=N–C) groups is 1. The summed E-state index contributed by atoms with van der Waals surface area (Å²) in [6, 6.07) is 0. The molecule has 19 heavy (non-hydrogen) atoms. The molecular formula is C14H21N5. The van der Waals surface area contributed by atoms with Gasteiger partial charge in [0.25, 0.3) is 0 Å². The summed E-state index contributed by atoms with van der Waals surface area (Å²) in [5.74, 6) is 1.80. The minimum atomic E-state index is -0.489. The van der Waals surface area contributed by atoms with E-state index in [-0.39, 0.29) is 5.41 Å². The van der Waals surface area contributed by atoms with E-state index in [0.29, 0.717) is 0 Å². The van der Waals surface area contributed by atoms with E-state index < -0.39 is 5.66 Å². The molecule has 0 radical (unpaired) electrons. The first-order chi connectivity index (χ1) is 9.07. The first kappa shape index (κ1) is 11.5. The predicted octanol–water partition coefficient (Wildman–Crippen LogP) is 1.72. The van der Waals surface area contributed by atoms with Crippen molar-refractivity contribution in [3.05, 3.63) is 12.0 Å². The molecular weight excluding hydrogens is 238 g/mol. The number of nitrogens with zero attached hydrogens (tertiary/aromatic N) is 4. The van der Waals surface area contributed by atoms with Crippen LogP contribution in [0.25, 0.3) is 0 Å². The smallest absolute Gasteiger partial charge is 0.160 e. The molecule has 2 aliphatic carbocycles. The van der Waals surface area contributed by atoms with Crippen LogP contribution in [0.15, 0.2) is 11.3 Å². The minimum absolute atomic E-state index is 0.182. The topological polar surface area (TPSA) is 59.4 Å². The first-order valence-electron chi connectivity index (χ1n) is 7.15. The first-order valence-corrected chi connectivity index (χ1v) is 7.15. The van der Waals surface area contributed by atoms with Crippen molar-refractivity contribution in [1.82, 2.24) is 14.5 Å². The van der Waals surface area contributed by atoms with E-state index in [1.54, 1.807) is 0 Å². The normalized spacial score (nSPS) is 39.9. The van der Waals surface area contributed by atoms with Crippen LogP contribution in [0.3, 0.4) is 0 Å². The van der Waals surface area contributed by atoms with Gasteiger partial charge < -0.3 is 15.2 Å². The molecule has 4 rings (SSSR count). The van der Waals surface area contributed by atoms with Gasteiger partial charge in [-0.3, -0.25) is 0 Å². The number of fused-ring (bicyclic) bond motifs is 3. The number of aryl methyl sites for hydroxylation is 1. The number of nitrogens with two attached hydrogens (primary N) is 1. The average molecular weight is 259 g/mol. The fourth-order valence-corrected chi connectivity index (χ4v) is 4.60. The summed E-state index contributed by atoms with van der Waals surface area (Å²) in [6.07, 6.45) is 10.1. The molecule has 2 heterocycles. The van der Waals surface area contributed by atoms with Gasteiger partial charge >= 0.3 is 0 Å². The summed E-state index contributed by atoms with van der Waals surface area (Å²) in [4.78, 5) is 11.2. The lowest BCUT2D eigenvalue weighted by molar-refractivity contribution is 0.0230. The van der Waals surface area contributed by atoms with Crippen LogP contribution >= 0.6 is 0 Å². The fraction of sp³-hybridized carbons (Fsp3) is 0.714. The molecule has 102 valence electrons. The Kier molecular flexibility index (Phi) is 2.05. The van der Waals surface area contributed by atoms with Crippen LogP contribution in [0.1, 0.15) is 37.8 Å². The highest BCUT2D eigenvalue weighted by molar-refractivity contribution is 5.67. The van der Waals surface area contributed by atoms with Crippen LogP contribution in [0.5, 0.6) is 0 Å². The summed E-state index contributed by atoms with van der Waals surface area (Å²) in [5.41, 5.74) is 7.62. The van der Waals surface area contributed by atoms with Gasteiger partial charge in [-0.2, -0.15) is 0 Å². The second-order valence-corrected chi connectivity index (χ2v) is 6.58. The van der Waals surface area contributed by atoms with Crippen LogP contribution < -0.4 is 5.73 Å². The summed E-state index contributed by atoms with van der Waals surface area (Å²) in [5, 5.41) is 0. The molecule has 1 aliphatic heterocycles. The highest BCUT2D eigenvalue weighted by Crippen LogP contribution is 2.62. The maximum absolute atomic E-state index is 6.96. The highest BCUT2D eigenvalue weighted by Gasteiger charge is 2.61. The Bertz CT molecular complexity index is 552. The van der Waals surface area contributed by atoms with Crippen molar-refractivity contribution in [3.8, 4) is 0 Å². The van der Waals surface area contributed by atoms with E-state index in [2.05, 4.69) is 14.9 Å². The summed E-state index contributed by atoms with van der Waals surface area (Å²) in [6.45, 7) is 0. The van der Waals surface area contributed by atoms with Crippen LogP contribution in [-0.2, 0) is 12.7 Å². The molecule has 0 amide bonds. The maximum Gasteiger partial charge on any atom is 0.160 e. The largest absolute Gasteiger partial charge is 0.342 e. The second-order valence-electron chi connectivity index (χ2n) is 6.58. The summed E-state index contributed by atoms with van der Waals surface area (Å²) >= 11 is 0. The van der Waals surface area contributed by atoms with E-state index in [1.165, 1.54) is 32.1 Å². The average Bonchev–Trinajstić information content (AvgIpc) is 3.09. The molecule has 5 heteroatoms. The Morgan fingerprint density at radius 3 is 2.68 bits per heavy atom. The summed E-state index contributed by atoms with van der Waals surface area (Å²) in [7, 11) is 4.03. The molecule has 3 aliphatic rings. The summed E-state index contributed by atoms with van der Waals surface area (Å²) < 4.78 is 1.97. The molecule has 2 saturated carbocycles. The Morgan fingerprint density at radius 2 is 2.05 bits per heavy atom. The van der Waals surface area contributed by atoms with Gasteiger partial charge in [0.1, 0.15) is 11.4 Å². The van der Waals surface area contributed by atoms with E-state index in [4.69, 9.17) is 5.73 Å². The predicted molar refractivity (Wildman–Crippen MR) is 74.0 cm³/mol. The number of aromatic nitrogens is 2. The molecule has 2 N–H and O–H groups in total. The molecule has 2 bridgehead atoms. The van der Waals surface area contributed by atoms with E-state index in [1.807, 2.05) is 31.3 Å². The van der Waals surface area contributed by atoms with Crippen LogP contribution in [0.4, 0.5) is 5.82 Å². The minimum Gasteiger partial charge on any atom is -0.342 e. The maximum atomic E-state index is 6.96. The number of imidazole rings is 1.